The number of aliphatic hydroxyl groups is 1. The van der Waals surface area contributed by atoms with Crippen molar-refractivity contribution in [2.75, 3.05) is 6.61 Å². The Bertz CT molecular complexity index is 258. The van der Waals surface area contributed by atoms with Crippen LogP contribution < -0.4 is 0 Å². The summed E-state index contributed by atoms with van der Waals surface area (Å²) in [7, 11) is -5.37. The average Bonchev–Trinajstić information content (AvgIpc) is 2.18. The van der Waals surface area contributed by atoms with Gasteiger partial charge in [0.2, 0.25) is 0 Å². The summed E-state index contributed by atoms with van der Waals surface area (Å²) >= 11 is 0. The molecule has 20 heavy (non-hydrogen) atoms. The van der Waals surface area contributed by atoms with Crippen LogP contribution in [0.5, 0.6) is 0 Å². The molecule has 122 valence electrons. The van der Waals surface area contributed by atoms with Crippen molar-refractivity contribution < 1.29 is 18.1 Å². The molecule has 7 heteroatoms. The summed E-state index contributed by atoms with van der Waals surface area (Å²) in [6.45, 7) is 17.9. The van der Waals surface area contributed by atoms with Gasteiger partial charge in [0.25, 0.3) is 0 Å². The van der Waals surface area contributed by atoms with Gasteiger partial charge in [0.1, 0.15) is 0 Å². The quantitative estimate of drug-likeness (QED) is 0.373. The van der Waals surface area contributed by atoms with Gasteiger partial charge in [-0.2, -0.15) is 0 Å². The standard InChI is InChI=1S/C13H34O4Si3/c1-9-13(14)15-11-10-12-20(8,16-18(2,3)4)17-19(5,6)7/h13-14H,9-12H2,1-8H3. The van der Waals surface area contributed by atoms with E-state index in [0.717, 1.165) is 12.5 Å². The highest BCUT2D eigenvalue weighted by Crippen LogP contribution is 2.25. The van der Waals surface area contributed by atoms with E-state index in [2.05, 4.69) is 45.8 Å². The van der Waals surface area contributed by atoms with Gasteiger partial charge in [-0.3, -0.25) is 0 Å². The van der Waals surface area contributed by atoms with E-state index in [1.807, 2.05) is 6.92 Å². The maximum atomic E-state index is 9.40. The summed E-state index contributed by atoms with van der Waals surface area (Å²) in [4.78, 5) is 0. The third-order valence-electron chi connectivity index (χ3n) is 2.48. The number of hydrogen-bond donors (Lipinski definition) is 1. The maximum Gasteiger partial charge on any atom is 0.314 e. The van der Waals surface area contributed by atoms with Gasteiger partial charge in [-0.05, 0) is 64.7 Å². The minimum Gasteiger partial charge on any atom is -0.437 e. The van der Waals surface area contributed by atoms with Crippen LogP contribution in [0.1, 0.15) is 19.8 Å². The molecule has 0 rings (SSSR count). The first kappa shape index (κ1) is 20.5. The van der Waals surface area contributed by atoms with Crippen LogP contribution >= 0.6 is 0 Å². The third kappa shape index (κ3) is 11.2. The smallest absolute Gasteiger partial charge is 0.314 e. The first-order valence-corrected chi connectivity index (χ1v) is 16.9. The van der Waals surface area contributed by atoms with Crippen molar-refractivity contribution >= 4 is 25.2 Å². The minimum atomic E-state index is -2.14. The summed E-state index contributed by atoms with van der Waals surface area (Å²) in [5.41, 5.74) is 0. The highest BCUT2D eigenvalue weighted by Gasteiger charge is 2.39. The SMILES string of the molecule is CCC(O)OCCC[Si](C)(O[Si](C)(C)C)O[Si](C)(C)C. The maximum absolute atomic E-state index is 9.40. The Morgan fingerprint density at radius 1 is 0.900 bits per heavy atom. The molecule has 0 radical (unpaired) electrons. The second-order valence-corrected chi connectivity index (χ2v) is 20.3. The summed E-state index contributed by atoms with van der Waals surface area (Å²) in [5.74, 6) is 0. The lowest BCUT2D eigenvalue weighted by atomic mass is 10.4. The van der Waals surface area contributed by atoms with Crippen LogP contribution in [0.25, 0.3) is 0 Å². The van der Waals surface area contributed by atoms with Crippen LogP contribution in [0.2, 0.25) is 51.9 Å². The van der Waals surface area contributed by atoms with E-state index in [-0.39, 0.29) is 0 Å². The zero-order chi connectivity index (χ0) is 16.0. The molecule has 0 heterocycles. The van der Waals surface area contributed by atoms with Crippen molar-refractivity contribution in [3.05, 3.63) is 0 Å². The van der Waals surface area contributed by atoms with Gasteiger partial charge in [-0.15, -0.1) is 0 Å². The molecule has 4 nitrogen and oxygen atoms in total. The topological polar surface area (TPSA) is 47.9 Å². The molecule has 1 unspecified atom stereocenters. The molecule has 1 atom stereocenters. The van der Waals surface area contributed by atoms with E-state index in [1.165, 1.54) is 0 Å². The van der Waals surface area contributed by atoms with Gasteiger partial charge in [-0.1, -0.05) is 6.92 Å². The molecule has 0 fully saturated rings. The lowest BCUT2D eigenvalue weighted by Gasteiger charge is -2.38. The Hall–Kier alpha value is 0.491. The summed E-state index contributed by atoms with van der Waals surface area (Å²) in [6, 6.07) is 0.929. The Kier molecular flexibility index (Phi) is 8.41. The van der Waals surface area contributed by atoms with E-state index in [4.69, 9.17) is 13.0 Å². The number of aliphatic hydroxyl groups excluding tert-OH is 1. The van der Waals surface area contributed by atoms with Crippen molar-refractivity contribution in [1.29, 1.82) is 0 Å². The number of hydrogen-bond acceptors (Lipinski definition) is 4. The molecule has 0 saturated heterocycles. The highest BCUT2D eigenvalue weighted by molar-refractivity contribution is 6.87. The first-order valence-electron chi connectivity index (χ1n) is 7.57. The zero-order valence-corrected chi connectivity index (χ0v) is 17.6. The monoisotopic (exact) mass is 338 g/mol. The summed E-state index contributed by atoms with van der Waals surface area (Å²) in [6.07, 6.45) is 0.874. The number of rotatable bonds is 10. The fraction of sp³-hybridized carbons (Fsp3) is 1.00. The van der Waals surface area contributed by atoms with Crippen molar-refractivity contribution in [3.63, 3.8) is 0 Å². The summed E-state index contributed by atoms with van der Waals surface area (Å²) < 4.78 is 18.1. The molecule has 0 aliphatic rings. The van der Waals surface area contributed by atoms with Crippen LogP contribution in [-0.2, 0) is 13.0 Å². The van der Waals surface area contributed by atoms with Crippen LogP contribution in [-0.4, -0.2) is 43.2 Å². The molecular weight excluding hydrogens is 304 g/mol. The average molecular weight is 339 g/mol. The zero-order valence-electron chi connectivity index (χ0n) is 14.6. The Morgan fingerprint density at radius 2 is 1.35 bits per heavy atom. The van der Waals surface area contributed by atoms with Crippen molar-refractivity contribution in [1.82, 2.24) is 0 Å². The minimum absolute atomic E-state index is 0.571. The molecular formula is C13H34O4Si3. The van der Waals surface area contributed by atoms with Crippen LogP contribution in [0.4, 0.5) is 0 Å². The van der Waals surface area contributed by atoms with E-state index in [9.17, 15) is 5.11 Å². The predicted molar refractivity (Wildman–Crippen MR) is 92.2 cm³/mol. The fourth-order valence-corrected chi connectivity index (χ4v) is 14.7. The normalized spacial score (nSPS) is 15.4. The first-order chi connectivity index (χ1) is 8.87. The molecule has 0 aromatic rings. The molecule has 0 aromatic carbocycles. The van der Waals surface area contributed by atoms with Crippen LogP contribution in [0.15, 0.2) is 0 Å². The van der Waals surface area contributed by atoms with Gasteiger partial charge >= 0.3 is 8.56 Å². The largest absolute Gasteiger partial charge is 0.437 e. The third-order valence-corrected chi connectivity index (χ3v) is 12.1. The van der Waals surface area contributed by atoms with Crippen LogP contribution in [0, 0.1) is 0 Å². The van der Waals surface area contributed by atoms with Crippen LogP contribution in [0.3, 0.4) is 0 Å². The molecule has 0 aliphatic heterocycles. The van der Waals surface area contributed by atoms with Gasteiger partial charge in [-0.25, -0.2) is 0 Å². The Balaban J connectivity index is 4.46. The Labute approximate surface area is 128 Å². The van der Waals surface area contributed by atoms with Gasteiger partial charge in [0.05, 0.1) is 0 Å². The van der Waals surface area contributed by atoms with E-state index in [0.29, 0.717) is 13.0 Å². The molecule has 0 aliphatic carbocycles. The van der Waals surface area contributed by atoms with Crippen molar-refractivity contribution in [2.45, 2.75) is 77.9 Å². The summed E-state index contributed by atoms with van der Waals surface area (Å²) in [5, 5.41) is 9.40. The predicted octanol–water partition coefficient (Wildman–Crippen LogP) is 3.90. The van der Waals surface area contributed by atoms with E-state index in [1.54, 1.807) is 0 Å². The van der Waals surface area contributed by atoms with Gasteiger partial charge in [0, 0.05) is 6.61 Å². The number of ether oxygens (including phenoxy) is 1. The lowest BCUT2D eigenvalue weighted by Crippen LogP contribution is -2.52. The molecule has 1 N–H and O–H groups in total. The van der Waals surface area contributed by atoms with Gasteiger partial charge in [0.15, 0.2) is 22.9 Å². The molecule has 0 spiro atoms. The molecule has 0 bridgehead atoms. The second kappa shape index (κ2) is 8.21. The van der Waals surface area contributed by atoms with Crippen molar-refractivity contribution in [3.8, 4) is 0 Å². The van der Waals surface area contributed by atoms with Crippen molar-refractivity contribution in [2.24, 2.45) is 0 Å². The molecule has 0 amide bonds. The van der Waals surface area contributed by atoms with E-state index < -0.39 is 31.5 Å². The molecule has 0 saturated carbocycles. The fourth-order valence-electron chi connectivity index (χ4n) is 2.15. The Morgan fingerprint density at radius 3 is 1.70 bits per heavy atom. The van der Waals surface area contributed by atoms with Gasteiger partial charge < -0.3 is 18.1 Å². The second-order valence-electron chi connectivity index (χ2n) is 7.40. The molecule has 0 aromatic heterocycles. The van der Waals surface area contributed by atoms with E-state index >= 15 is 0 Å². The highest BCUT2D eigenvalue weighted by atomic mass is 28.5. The lowest BCUT2D eigenvalue weighted by molar-refractivity contribution is -0.0999.